The fourth-order valence-corrected chi connectivity index (χ4v) is 4.18. The number of likely N-dealkylation sites (tertiary alicyclic amines) is 1. The Hall–Kier alpha value is -2.37. The number of carbonyl (C=O) groups excluding carboxylic acids is 3. The highest BCUT2D eigenvalue weighted by molar-refractivity contribution is 5.89. The lowest BCUT2D eigenvalue weighted by Gasteiger charge is -2.24. The van der Waals surface area contributed by atoms with Gasteiger partial charge in [0.05, 0.1) is 24.5 Å². The molecule has 2 atom stereocenters. The Kier molecular flexibility index (Phi) is 6.70. The van der Waals surface area contributed by atoms with Gasteiger partial charge in [-0.05, 0) is 32.3 Å². The maximum Gasteiger partial charge on any atom is 0.308 e. The molecule has 152 valence electrons. The van der Waals surface area contributed by atoms with E-state index in [1.807, 2.05) is 35.2 Å². The van der Waals surface area contributed by atoms with Crippen molar-refractivity contribution in [3.63, 3.8) is 0 Å². The first kappa shape index (κ1) is 20.4. The topological polar surface area (TPSA) is 75.7 Å². The molecule has 0 aromatic heterocycles. The summed E-state index contributed by atoms with van der Waals surface area (Å²) in [7, 11) is 0. The number of esters is 1. The molecule has 1 saturated carbocycles. The number of nitrogens with one attached hydrogen (secondary N) is 1. The molecule has 1 aliphatic carbocycles. The lowest BCUT2D eigenvalue weighted by Crippen LogP contribution is -2.38. The summed E-state index contributed by atoms with van der Waals surface area (Å²) < 4.78 is 5.26. The van der Waals surface area contributed by atoms with E-state index >= 15 is 0 Å². The van der Waals surface area contributed by atoms with Gasteiger partial charge in [-0.2, -0.15) is 0 Å². The lowest BCUT2D eigenvalue weighted by molar-refractivity contribution is -0.148. The van der Waals surface area contributed by atoms with Gasteiger partial charge in [0.15, 0.2) is 0 Å². The zero-order chi connectivity index (χ0) is 20.1. The van der Waals surface area contributed by atoms with Crippen LogP contribution in [0, 0.1) is 5.92 Å². The fourth-order valence-electron chi connectivity index (χ4n) is 4.18. The molecular weight excluding hydrogens is 356 g/mol. The zero-order valence-corrected chi connectivity index (χ0v) is 16.7. The van der Waals surface area contributed by atoms with Crippen LogP contribution in [0.25, 0.3) is 0 Å². The summed E-state index contributed by atoms with van der Waals surface area (Å²) in [6.45, 7) is 4.08. The number of amides is 2. The summed E-state index contributed by atoms with van der Waals surface area (Å²) in [6.07, 6.45) is 4.49. The van der Waals surface area contributed by atoms with Crippen molar-refractivity contribution in [2.24, 2.45) is 5.92 Å². The summed E-state index contributed by atoms with van der Waals surface area (Å²) >= 11 is 0. The van der Waals surface area contributed by atoms with Crippen LogP contribution in [0.3, 0.4) is 0 Å². The number of hydrogen-bond acceptors (Lipinski definition) is 4. The Bertz CT molecular complexity index is 698. The maximum atomic E-state index is 12.9. The third kappa shape index (κ3) is 5.12. The predicted molar refractivity (Wildman–Crippen MR) is 105 cm³/mol. The highest BCUT2D eigenvalue weighted by Crippen LogP contribution is 2.30. The summed E-state index contributed by atoms with van der Waals surface area (Å²) in [6, 6.07) is 9.25. The normalized spacial score (nSPS) is 21.2. The van der Waals surface area contributed by atoms with Crippen LogP contribution < -0.4 is 5.32 Å². The molecule has 2 unspecified atom stereocenters. The Labute approximate surface area is 166 Å². The van der Waals surface area contributed by atoms with Gasteiger partial charge >= 0.3 is 5.97 Å². The minimum Gasteiger partial charge on any atom is -0.463 e. The smallest absolute Gasteiger partial charge is 0.308 e. The number of benzene rings is 1. The van der Waals surface area contributed by atoms with Crippen molar-refractivity contribution in [1.82, 2.24) is 10.2 Å². The Balaban J connectivity index is 1.65. The van der Waals surface area contributed by atoms with Gasteiger partial charge in [-0.3, -0.25) is 14.4 Å². The van der Waals surface area contributed by atoms with E-state index < -0.39 is 6.04 Å². The van der Waals surface area contributed by atoms with Gasteiger partial charge < -0.3 is 15.0 Å². The minimum atomic E-state index is -0.462. The van der Waals surface area contributed by atoms with Crippen LogP contribution in [-0.4, -0.2) is 41.4 Å². The molecule has 1 heterocycles. The van der Waals surface area contributed by atoms with Gasteiger partial charge in [0.1, 0.15) is 0 Å². The van der Waals surface area contributed by atoms with E-state index in [1.165, 1.54) is 0 Å². The highest BCUT2D eigenvalue weighted by atomic mass is 16.5. The van der Waals surface area contributed by atoms with Crippen LogP contribution in [0.4, 0.5) is 0 Å². The molecule has 6 heteroatoms. The average Bonchev–Trinajstić information content (AvgIpc) is 3.30. The molecule has 0 spiro atoms. The number of hydrogen-bond donors (Lipinski definition) is 1. The summed E-state index contributed by atoms with van der Waals surface area (Å²) in [5, 5.41) is 2.99. The summed E-state index contributed by atoms with van der Waals surface area (Å²) in [5.41, 5.74) is 0.855. The van der Waals surface area contributed by atoms with Gasteiger partial charge in [0.25, 0.3) is 0 Å². The van der Waals surface area contributed by atoms with Crippen LogP contribution >= 0.6 is 0 Å². The second-order valence-corrected chi connectivity index (χ2v) is 8.10. The standard InChI is InChI=1S/C22H30N2O4/c1-15(2)28-21(26)13-19(16-8-4-3-5-9-16)23-22(27)17-12-20(25)24(14-17)18-10-6-7-11-18/h3-5,8-9,15,17-19H,6-7,10-14H2,1-2H3,(H,23,27). The minimum absolute atomic E-state index is 0.0704. The van der Waals surface area contributed by atoms with E-state index in [9.17, 15) is 14.4 Å². The molecule has 2 amide bonds. The number of carbonyl (C=O) groups is 3. The third-order valence-corrected chi connectivity index (χ3v) is 5.55. The third-order valence-electron chi connectivity index (χ3n) is 5.55. The largest absolute Gasteiger partial charge is 0.463 e. The number of ether oxygens (including phenoxy) is 1. The van der Waals surface area contributed by atoms with Gasteiger partial charge in [0.2, 0.25) is 11.8 Å². The second-order valence-electron chi connectivity index (χ2n) is 8.10. The maximum absolute atomic E-state index is 12.9. The van der Waals surface area contributed by atoms with Crippen molar-refractivity contribution in [1.29, 1.82) is 0 Å². The zero-order valence-electron chi connectivity index (χ0n) is 16.7. The lowest BCUT2D eigenvalue weighted by atomic mass is 10.0. The van der Waals surface area contributed by atoms with Crippen LogP contribution in [0.15, 0.2) is 30.3 Å². The molecule has 0 bridgehead atoms. The van der Waals surface area contributed by atoms with Crippen LogP contribution in [0.1, 0.15) is 64.0 Å². The van der Waals surface area contributed by atoms with E-state index in [-0.39, 0.29) is 48.7 Å². The van der Waals surface area contributed by atoms with E-state index in [0.29, 0.717) is 6.54 Å². The molecule has 1 aromatic rings. The highest BCUT2D eigenvalue weighted by Gasteiger charge is 2.39. The average molecular weight is 386 g/mol. The van der Waals surface area contributed by atoms with Gasteiger partial charge in [-0.15, -0.1) is 0 Å². The van der Waals surface area contributed by atoms with E-state index in [0.717, 1.165) is 31.2 Å². The molecular formula is C22H30N2O4. The Morgan fingerprint density at radius 3 is 2.50 bits per heavy atom. The van der Waals surface area contributed by atoms with E-state index in [2.05, 4.69) is 5.32 Å². The molecule has 6 nitrogen and oxygen atoms in total. The van der Waals surface area contributed by atoms with Crippen molar-refractivity contribution in [2.75, 3.05) is 6.54 Å². The molecule has 1 saturated heterocycles. The first-order valence-corrected chi connectivity index (χ1v) is 10.3. The van der Waals surface area contributed by atoms with Crippen molar-refractivity contribution >= 4 is 17.8 Å². The van der Waals surface area contributed by atoms with Crippen LogP contribution in [0.5, 0.6) is 0 Å². The first-order chi connectivity index (χ1) is 13.4. The van der Waals surface area contributed by atoms with Crippen molar-refractivity contribution in [2.45, 2.75) is 70.6 Å². The predicted octanol–water partition coefficient (Wildman–Crippen LogP) is 2.98. The number of nitrogens with zero attached hydrogens (tertiary/aromatic N) is 1. The molecule has 1 aromatic carbocycles. The van der Waals surface area contributed by atoms with Crippen molar-refractivity contribution in [3.8, 4) is 0 Å². The summed E-state index contributed by atoms with van der Waals surface area (Å²) in [4.78, 5) is 39.4. The van der Waals surface area contributed by atoms with E-state index in [1.54, 1.807) is 13.8 Å². The van der Waals surface area contributed by atoms with Gasteiger partial charge in [-0.1, -0.05) is 43.2 Å². The van der Waals surface area contributed by atoms with Crippen molar-refractivity contribution < 1.29 is 19.1 Å². The SMILES string of the molecule is CC(C)OC(=O)CC(NC(=O)C1CC(=O)N(C2CCCC2)C1)c1ccccc1. The van der Waals surface area contributed by atoms with Crippen molar-refractivity contribution in [3.05, 3.63) is 35.9 Å². The fraction of sp³-hybridized carbons (Fsp3) is 0.591. The molecule has 2 aliphatic rings. The molecule has 1 aliphatic heterocycles. The second kappa shape index (κ2) is 9.22. The Morgan fingerprint density at radius 1 is 1.18 bits per heavy atom. The number of rotatable bonds is 7. The van der Waals surface area contributed by atoms with Gasteiger partial charge in [0, 0.05) is 19.0 Å². The molecule has 0 radical (unpaired) electrons. The molecule has 2 fully saturated rings. The summed E-state index contributed by atoms with van der Waals surface area (Å²) in [5.74, 6) is -0.803. The van der Waals surface area contributed by atoms with Crippen LogP contribution in [0.2, 0.25) is 0 Å². The quantitative estimate of drug-likeness (QED) is 0.731. The van der Waals surface area contributed by atoms with E-state index in [4.69, 9.17) is 4.74 Å². The Morgan fingerprint density at radius 2 is 1.86 bits per heavy atom. The van der Waals surface area contributed by atoms with Gasteiger partial charge in [-0.25, -0.2) is 0 Å². The molecule has 28 heavy (non-hydrogen) atoms. The molecule has 3 rings (SSSR count). The first-order valence-electron chi connectivity index (χ1n) is 10.3. The monoisotopic (exact) mass is 386 g/mol. The van der Waals surface area contributed by atoms with Crippen LogP contribution in [-0.2, 0) is 19.1 Å². The molecule has 1 N–H and O–H groups in total.